The predicted molar refractivity (Wildman–Crippen MR) is 501 cm³/mol. The van der Waals surface area contributed by atoms with E-state index >= 15 is 0 Å². The van der Waals surface area contributed by atoms with Gasteiger partial charge in [0, 0.05) is 80.6 Å². The lowest BCUT2D eigenvalue weighted by molar-refractivity contribution is 0.0972. The van der Waals surface area contributed by atoms with Gasteiger partial charge in [-0.25, -0.2) is 0 Å². The normalized spacial score (nSPS) is 12.4. The maximum Gasteiger partial charge on any atom is 0.259 e. The zero-order valence-corrected chi connectivity index (χ0v) is 75.8. The Morgan fingerprint density at radius 1 is 0.292 bits per heavy atom. The lowest BCUT2D eigenvalue weighted by atomic mass is 9.78. The molecule has 6 heteroatoms. The number of fused-ring (bicyclic) bond motifs is 14. The number of benzene rings is 8. The summed E-state index contributed by atoms with van der Waals surface area (Å²) in [6.45, 7) is 61.6. The maximum atomic E-state index is 13.1. The molecule has 6 nitrogen and oxygen atoms in total. The van der Waals surface area contributed by atoms with Gasteiger partial charge in [-0.3, -0.25) is 19.2 Å². The molecular formula is C107H146N2O4. The van der Waals surface area contributed by atoms with E-state index in [4.69, 9.17) is 0 Å². The first-order valence-corrected chi connectivity index (χ1v) is 43.3. The van der Waals surface area contributed by atoms with Crippen LogP contribution in [0.4, 0.5) is 11.4 Å². The molecule has 0 bridgehead atoms. The zero-order valence-electron chi connectivity index (χ0n) is 75.8. The summed E-state index contributed by atoms with van der Waals surface area (Å²) in [6, 6.07) is 64.1. The molecule has 10 aromatic carbocycles. The highest BCUT2D eigenvalue weighted by Gasteiger charge is 2.37. The molecule has 0 aromatic heterocycles. The van der Waals surface area contributed by atoms with Gasteiger partial charge < -0.3 is 9.80 Å². The van der Waals surface area contributed by atoms with Gasteiger partial charge in [0.1, 0.15) is 0 Å². The Labute approximate surface area is 689 Å². The molecule has 15 rings (SSSR count). The quantitative estimate of drug-likeness (QED) is 0.165. The van der Waals surface area contributed by atoms with Crippen molar-refractivity contribution < 1.29 is 9.59 Å². The van der Waals surface area contributed by atoms with Gasteiger partial charge in [0.15, 0.2) is 10.9 Å². The molecule has 3 aliphatic carbocycles. The number of para-hydroxylation sites is 2. The fourth-order valence-corrected chi connectivity index (χ4v) is 12.4. The Hall–Kier alpha value is -9.80. The molecule has 0 N–H and O–H groups in total. The first-order valence-electron chi connectivity index (χ1n) is 43.3. The Kier molecular flexibility index (Phi) is 53.9. The van der Waals surface area contributed by atoms with Gasteiger partial charge in [-0.2, -0.15) is 0 Å². The minimum Gasteiger partial charge on any atom is -0.305 e. The van der Waals surface area contributed by atoms with Crippen molar-refractivity contribution in [1.82, 2.24) is 0 Å². The van der Waals surface area contributed by atoms with Crippen LogP contribution in [0.25, 0.3) is 44.5 Å². The largest absolute Gasteiger partial charge is 0.305 e. The molecule has 5 aliphatic rings. The SMILES string of the molecule is C1#CCCCCCC1.C1#Cc2ccccc2CCc2ccccc21.CC.CC.CC.CC.CC.CC.CC.CC.CC.CC(C)C.CC(C)C.CC(C)C1Cc2ccccc2-c2c(c2=O)-c2ccccc21.CC(C)N1C(=O)c2ccccc2-c2c(c2=O)-c2ccccc21.CC(C)N1C(=O)c2ccccc2C#Cc2ccccc21. The molecule has 0 spiro atoms. The lowest BCUT2D eigenvalue weighted by Gasteiger charge is -2.30. The Morgan fingerprint density at radius 3 is 1.05 bits per heavy atom. The van der Waals surface area contributed by atoms with E-state index < -0.39 is 0 Å². The van der Waals surface area contributed by atoms with Crippen LogP contribution >= 0.6 is 0 Å². The van der Waals surface area contributed by atoms with Gasteiger partial charge in [0.05, 0.1) is 16.9 Å². The Balaban J connectivity index is 0.00000131. The fourth-order valence-electron chi connectivity index (χ4n) is 12.4. The van der Waals surface area contributed by atoms with Crippen LogP contribution < -0.4 is 20.7 Å². The van der Waals surface area contributed by atoms with Crippen LogP contribution in [0.15, 0.2) is 204 Å². The summed E-state index contributed by atoms with van der Waals surface area (Å²) >= 11 is 0. The Morgan fingerprint density at radius 2 is 0.593 bits per heavy atom. The summed E-state index contributed by atoms with van der Waals surface area (Å²) < 4.78 is 0. The number of hydrogen-bond acceptors (Lipinski definition) is 4. The smallest absolute Gasteiger partial charge is 0.259 e. The number of anilines is 2. The number of rotatable bonds is 3. The third-order valence-electron chi connectivity index (χ3n) is 16.9. The van der Waals surface area contributed by atoms with Crippen molar-refractivity contribution in [3.8, 4) is 80.0 Å². The van der Waals surface area contributed by atoms with E-state index in [9.17, 15) is 19.2 Å². The molecule has 2 aliphatic heterocycles. The highest BCUT2D eigenvalue weighted by atomic mass is 16.2. The van der Waals surface area contributed by atoms with Crippen molar-refractivity contribution in [3.05, 3.63) is 270 Å². The monoisotopic (exact) mass is 1520 g/mol. The van der Waals surface area contributed by atoms with Crippen molar-refractivity contribution in [1.29, 1.82) is 0 Å². The summed E-state index contributed by atoms with van der Waals surface area (Å²) in [5.74, 6) is 21.8. The number of hydrogen-bond donors (Lipinski definition) is 0. The standard InChI is InChI=1S/C20H18O.C19H15NO2.C18H15NO.C16H12.C8H12.2C4H10.9C2H6/c1-12(2)17-11-13-7-3-4-8-14(13)18-19(20(18)21)16-10-6-5-9-15(16)17;1-11(2)20-15-10-6-5-9-14(15)17-16(18(17)21)12-7-3-4-8-13(12)19(20)22;1-13(2)19-17-10-6-4-8-15(17)12-11-14-7-3-5-9-16(14)18(19)20;1-2-6-14-11-12-16-8-4-3-7-15(16)10-9-13(14)5-1;1-2-4-6-8-7-5-3-1;2*1-4(2)3;9*1-2/h3-10,12,17H,11H2,1-2H3;3-11H,1-2H3;3-10,13H,1-2H3;1-8H,9-10H2;1-6H2;2*4H,1-3H3;9*1-2H3. The number of nitrogens with zero attached hydrogens (tertiary/aromatic N) is 2. The van der Waals surface area contributed by atoms with Gasteiger partial charge in [0.25, 0.3) is 11.8 Å². The average Bonchev–Trinajstić information content (AvgIpc) is 1.56. The molecule has 10 aromatic rings. The second kappa shape index (κ2) is 59.0. The molecule has 0 saturated heterocycles. The topological polar surface area (TPSA) is 74.8 Å². The van der Waals surface area contributed by atoms with E-state index in [0.29, 0.717) is 28.5 Å². The molecule has 0 fully saturated rings. The van der Waals surface area contributed by atoms with Crippen LogP contribution in [0.2, 0.25) is 0 Å². The molecule has 0 radical (unpaired) electrons. The van der Waals surface area contributed by atoms with Crippen molar-refractivity contribution in [3.63, 3.8) is 0 Å². The summed E-state index contributed by atoms with van der Waals surface area (Å²) in [5.41, 5.74) is 19.9. The summed E-state index contributed by atoms with van der Waals surface area (Å²) in [6.07, 6.45) is 10.9. The first-order chi connectivity index (χ1) is 54.9. The number of amides is 2. The molecule has 0 saturated carbocycles. The van der Waals surface area contributed by atoms with Gasteiger partial charge in [-0.05, 0) is 171 Å². The van der Waals surface area contributed by atoms with Crippen LogP contribution in [0.1, 0.15) is 317 Å². The number of carbonyl (C=O) groups is 2. The van der Waals surface area contributed by atoms with Gasteiger partial charge in [-0.1, -0.05) is 362 Å². The van der Waals surface area contributed by atoms with Gasteiger partial charge in [0.2, 0.25) is 0 Å². The molecule has 2 amide bonds. The van der Waals surface area contributed by atoms with Crippen LogP contribution in [-0.2, 0) is 19.3 Å². The zero-order chi connectivity index (χ0) is 85.7. The highest BCUT2D eigenvalue weighted by Crippen LogP contribution is 2.47. The molecule has 1 unspecified atom stereocenters. The van der Waals surface area contributed by atoms with E-state index in [1.807, 2.05) is 260 Å². The van der Waals surface area contributed by atoms with Crippen LogP contribution in [-0.4, -0.2) is 23.9 Å². The third-order valence-corrected chi connectivity index (χ3v) is 16.9. The van der Waals surface area contributed by atoms with Crippen LogP contribution in [0, 0.1) is 53.3 Å². The first kappa shape index (κ1) is 103. The van der Waals surface area contributed by atoms with E-state index in [1.165, 1.54) is 59.1 Å². The van der Waals surface area contributed by atoms with Crippen LogP contribution in [0.3, 0.4) is 0 Å². The maximum absolute atomic E-state index is 13.1. The molecule has 1 atom stereocenters. The fraction of sp³-hybridized carbons (Fsp3) is 0.421. The molecular weight excluding hydrogens is 1380 g/mol. The van der Waals surface area contributed by atoms with Gasteiger partial charge in [-0.15, -0.1) is 11.8 Å². The van der Waals surface area contributed by atoms with E-state index in [0.717, 1.165) is 105 Å². The second-order valence-electron chi connectivity index (χ2n) is 27.2. The van der Waals surface area contributed by atoms with E-state index in [-0.39, 0.29) is 34.8 Å². The number of aryl methyl sites for hydroxylation is 2. The molecule has 608 valence electrons. The lowest BCUT2D eigenvalue weighted by Crippen LogP contribution is -2.38. The van der Waals surface area contributed by atoms with Crippen LogP contribution in [0.5, 0.6) is 0 Å². The van der Waals surface area contributed by atoms with E-state index in [2.05, 4.69) is 176 Å². The molecule has 2 heterocycles. The second-order valence-corrected chi connectivity index (χ2v) is 27.2. The minimum absolute atomic E-state index is 0.0112. The average molecular weight is 1520 g/mol. The van der Waals surface area contributed by atoms with Crippen molar-refractivity contribution in [2.45, 2.75) is 284 Å². The van der Waals surface area contributed by atoms with Crippen molar-refractivity contribution in [2.75, 3.05) is 9.80 Å². The Bertz CT molecular complexity index is 4440. The van der Waals surface area contributed by atoms with Crippen molar-refractivity contribution in [2.24, 2.45) is 17.8 Å². The third kappa shape index (κ3) is 31.3. The predicted octanol–water partition coefficient (Wildman–Crippen LogP) is 29.7. The van der Waals surface area contributed by atoms with E-state index in [1.54, 1.807) is 11.0 Å². The highest BCUT2D eigenvalue weighted by molar-refractivity contribution is 6.17. The minimum atomic E-state index is -0.0516. The number of carbonyl (C=O) groups excluding carboxylic acids is 2. The molecule has 113 heavy (non-hydrogen) atoms. The van der Waals surface area contributed by atoms with Gasteiger partial charge >= 0.3 is 0 Å². The van der Waals surface area contributed by atoms with Crippen molar-refractivity contribution >= 4 is 23.2 Å². The summed E-state index contributed by atoms with van der Waals surface area (Å²) in [5, 5.41) is 0. The summed E-state index contributed by atoms with van der Waals surface area (Å²) in [7, 11) is 0. The summed E-state index contributed by atoms with van der Waals surface area (Å²) in [4.78, 5) is 54.2.